The van der Waals surface area contributed by atoms with Gasteiger partial charge in [-0.1, -0.05) is 37.8 Å². The fraction of sp³-hybridized carbons (Fsp3) is 0.531. The quantitative estimate of drug-likeness (QED) is 0.386. The van der Waals surface area contributed by atoms with Crippen molar-refractivity contribution in [3.05, 3.63) is 69.8 Å². The van der Waals surface area contributed by atoms with Crippen molar-refractivity contribution < 1.29 is 9.53 Å². The highest BCUT2D eigenvalue weighted by Crippen LogP contribution is 2.50. The SMILES string of the molecule is COC(=O)C(C)(C)c1ccc(C#Cc2cc(C3CC3)c3c(c2)C(C)(C)CCC3NCC2CC2)cc1. The molecule has 1 N–H and O–H groups in total. The molecule has 2 saturated carbocycles. The Morgan fingerprint density at radius 2 is 1.71 bits per heavy atom. The topological polar surface area (TPSA) is 38.3 Å². The summed E-state index contributed by atoms with van der Waals surface area (Å²) in [5.74, 6) is 8.22. The Morgan fingerprint density at radius 1 is 1.03 bits per heavy atom. The third-order valence-corrected chi connectivity index (χ3v) is 8.37. The number of esters is 1. The maximum absolute atomic E-state index is 12.1. The lowest BCUT2D eigenvalue weighted by atomic mass is 9.68. The van der Waals surface area contributed by atoms with Gasteiger partial charge in [0.05, 0.1) is 12.5 Å². The van der Waals surface area contributed by atoms with Crippen molar-refractivity contribution in [3.63, 3.8) is 0 Å². The van der Waals surface area contributed by atoms with Crippen LogP contribution in [0.15, 0.2) is 36.4 Å². The number of benzene rings is 2. The summed E-state index contributed by atoms with van der Waals surface area (Å²) >= 11 is 0. The van der Waals surface area contributed by atoms with Gasteiger partial charge in [0.2, 0.25) is 0 Å². The Bertz CT molecular complexity index is 1170. The van der Waals surface area contributed by atoms with Gasteiger partial charge in [0.1, 0.15) is 0 Å². The average Bonchev–Trinajstić information content (AvgIpc) is 3.76. The summed E-state index contributed by atoms with van der Waals surface area (Å²) in [6.45, 7) is 9.75. The van der Waals surface area contributed by atoms with Crippen LogP contribution in [0.5, 0.6) is 0 Å². The van der Waals surface area contributed by atoms with Gasteiger partial charge in [-0.2, -0.15) is 0 Å². The largest absolute Gasteiger partial charge is 0.468 e. The van der Waals surface area contributed by atoms with Gasteiger partial charge in [0.15, 0.2) is 0 Å². The number of hydrogen-bond acceptors (Lipinski definition) is 3. The molecule has 184 valence electrons. The zero-order chi connectivity index (χ0) is 24.8. The second-order valence-electron chi connectivity index (χ2n) is 12.1. The second kappa shape index (κ2) is 9.14. The lowest BCUT2D eigenvalue weighted by Gasteiger charge is -2.39. The van der Waals surface area contributed by atoms with Gasteiger partial charge in [-0.25, -0.2) is 0 Å². The van der Waals surface area contributed by atoms with E-state index in [0.29, 0.717) is 12.0 Å². The molecule has 3 aliphatic carbocycles. The molecule has 35 heavy (non-hydrogen) atoms. The van der Waals surface area contributed by atoms with Crippen LogP contribution >= 0.6 is 0 Å². The van der Waals surface area contributed by atoms with E-state index in [1.54, 1.807) is 11.1 Å². The summed E-state index contributed by atoms with van der Waals surface area (Å²) in [4.78, 5) is 12.1. The minimum absolute atomic E-state index is 0.176. The number of carbonyl (C=O) groups excluding carboxylic acids is 1. The fourth-order valence-electron chi connectivity index (χ4n) is 5.54. The monoisotopic (exact) mass is 469 g/mol. The maximum Gasteiger partial charge on any atom is 0.315 e. The van der Waals surface area contributed by atoms with E-state index in [4.69, 9.17) is 4.74 Å². The molecule has 0 spiro atoms. The standard InChI is InChI=1S/C32H39NO2/c1-31(2)17-16-28(33-20-22-7-8-22)29-26(24-12-13-24)18-23(19-27(29)31)9-6-21-10-14-25(15-11-21)32(3,4)30(34)35-5/h10-11,14-15,18-19,22,24,28,33H,7-8,12-13,16-17,20H2,1-5H3. The molecular weight excluding hydrogens is 430 g/mol. The van der Waals surface area contributed by atoms with Crippen LogP contribution in [-0.2, 0) is 20.4 Å². The fourth-order valence-corrected chi connectivity index (χ4v) is 5.54. The number of methoxy groups -OCH3 is 1. The lowest BCUT2D eigenvalue weighted by Crippen LogP contribution is -2.34. The normalized spacial score (nSPS) is 21.0. The first-order chi connectivity index (χ1) is 16.7. The molecule has 1 unspecified atom stereocenters. The van der Waals surface area contributed by atoms with Gasteiger partial charge in [0.25, 0.3) is 0 Å². The smallest absolute Gasteiger partial charge is 0.315 e. The van der Waals surface area contributed by atoms with Crippen LogP contribution in [0.25, 0.3) is 0 Å². The third kappa shape index (κ3) is 5.05. The van der Waals surface area contributed by atoms with E-state index in [2.05, 4.69) is 43.1 Å². The Kier molecular flexibility index (Phi) is 6.30. The van der Waals surface area contributed by atoms with E-state index in [1.807, 2.05) is 38.1 Å². The number of nitrogens with one attached hydrogen (secondary N) is 1. The van der Waals surface area contributed by atoms with Gasteiger partial charge in [0, 0.05) is 17.2 Å². The Hall–Kier alpha value is -2.57. The summed E-state index contributed by atoms with van der Waals surface area (Å²) in [5, 5.41) is 3.94. The molecule has 3 nitrogen and oxygen atoms in total. The van der Waals surface area contributed by atoms with Crippen molar-refractivity contribution in [2.45, 2.75) is 89.0 Å². The van der Waals surface area contributed by atoms with Crippen molar-refractivity contribution in [2.75, 3.05) is 13.7 Å². The minimum atomic E-state index is -0.673. The number of hydrogen-bond donors (Lipinski definition) is 1. The van der Waals surface area contributed by atoms with Crippen LogP contribution < -0.4 is 5.32 Å². The zero-order valence-corrected chi connectivity index (χ0v) is 22.0. The highest BCUT2D eigenvalue weighted by atomic mass is 16.5. The van der Waals surface area contributed by atoms with Crippen molar-refractivity contribution in [2.24, 2.45) is 5.92 Å². The summed E-state index contributed by atoms with van der Waals surface area (Å²) < 4.78 is 4.97. The van der Waals surface area contributed by atoms with Gasteiger partial charge in [-0.05, 0) is 123 Å². The molecule has 0 heterocycles. The van der Waals surface area contributed by atoms with E-state index < -0.39 is 5.41 Å². The van der Waals surface area contributed by atoms with E-state index in [-0.39, 0.29) is 11.4 Å². The molecule has 2 aromatic rings. The molecule has 0 aromatic heterocycles. The van der Waals surface area contributed by atoms with Crippen molar-refractivity contribution in [1.82, 2.24) is 5.32 Å². The van der Waals surface area contributed by atoms with Crippen molar-refractivity contribution >= 4 is 5.97 Å². The Morgan fingerprint density at radius 3 is 2.34 bits per heavy atom. The number of fused-ring (bicyclic) bond motifs is 1. The molecule has 3 heteroatoms. The number of ether oxygens (including phenoxy) is 1. The van der Waals surface area contributed by atoms with E-state index in [1.165, 1.54) is 57.7 Å². The molecule has 0 aliphatic heterocycles. The van der Waals surface area contributed by atoms with Crippen LogP contribution in [0, 0.1) is 17.8 Å². The van der Waals surface area contributed by atoms with E-state index in [9.17, 15) is 4.79 Å². The maximum atomic E-state index is 12.1. The van der Waals surface area contributed by atoms with Crippen LogP contribution in [0.4, 0.5) is 0 Å². The summed E-state index contributed by atoms with van der Waals surface area (Å²) in [5.41, 5.74) is 7.16. The second-order valence-corrected chi connectivity index (χ2v) is 12.1. The van der Waals surface area contributed by atoms with Crippen LogP contribution in [0.1, 0.15) is 112 Å². The molecule has 0 saturated heterocycles. The van der Waals surface area contributed by atoms with Gasteiger partial charge < -0.3 is 10.1 Å². The van der Waals surface area contributed by atoms with E-state index >= 15 is 0 Å². The molecule has 1 atom stereocenters. The molecule has 0 radical (unpaired) electrons. The first kappa shape index (κ1) is 24.1. The predicted octanol–water partition coefficient (Wildman–Crippen LogP) is 6.53. The summed E-state index contributed by atoms with van der Waals surface area (Å²) in [6, 6.07) is 13.2. The highest BCUT2D eigenvalue weighted by Gasteiger charge is 2.38. The molecule has 0 amide bonds. The van der Waals surface area contributed by atoms with Crippen molar-refractivity contribution in [1.29, 1.82) is 0 Å². The van der Waals surface area contributed by atoms with Crippen molar-refractivity contribution in [3.8, 4) is 11.8 Å². The summed E-state index contributed by atoms with van der Waals surface area (Å²) in [6.07, 6.45) is 7.83. The summed E-state index contributed by atoms with van der Waals surface area (Å²) in [7, 11) is 1.44. The Balaban J connectivity index is 1.45. The molecule has 0 bridgehead atoms. The Labute approximate surface area is 211 Å². The number of rotatable bonds is 6. The first-order valence-electron chi connectivity index (χ1n) is 13.3. The van der Waals surface area contributed by atoms with E-state index in [0.717, 1.165) is 22.6 Å². The third-order valence-electron chi connectivity index (χ3n) is 8.37. The van der Waals surface area contributed by atoms with Crippen LogP contribution in [0.3, 0.4) is 0 Å². The molecule has 5 rings (SSSR count). The molecule has 2 aromatic carbocycles. The number of carbonyl (C=O) groups is 1. The first-order valence-corrected chi connectivity index (χ1v) is 13.3. The van der Waals surface area contributed by atoms with Crippen LogP contribution in [-0.4, -0.2) is 19.6 Å². The minimum Gasteiger partial charge on any atom is -0.468 e. The predicted molar refractivity (Wildman–Crippen MR) is 142 cm³/mol. The molecular formula is C32H39NO2. The molecule has 2 fully saturated rings. The van der Waals surface area contributed by atoms with Crippen LogP contribution in [0.2, 0.25) is 0 Å². The highest BCUT2D eigenvalue weighted by molar-refractivity contribution is 5.82. The van der Waals surface area contributed by atoms with Gasteiger partial charge in [-0.15, -0.1) is 0 Å². The average molecular weight is 470 g/mol. The van der Waals surface area contributed by atoms with Gasteiger partial charge >= 0.3 is 5.97 Å². The zero-order valence-electron chi connectivity index (χ0n) is 22.0. The van der Waals surface area contributed by atoms with Gasteiger partial charge in [-0.3, -0.25) is 4.79 Å². The lowest BCUT2D eigenvalue weighted by molar-refractivity contribution is -0.146. The molecule has 3 aliphatic rings.